The van der Waals surface area contributed by atoms with Crippen molar-refractivity contribution in [2.45, 2.75) is 26.3 Å². The van der Waals surface area contributed by atoms with Gasteiger partial charge in [-0.15, -0.1) is 0 Å². The van der Waals surface area contributed by atoms with Gasteiger partial charge in [0.2, 0.25) is 0 Å². The second kappa shape index (κ2) is 6.96. The van der Waals surface area contributed by atoms with Crippen LogP contribution < -0.4 is 10.1 Å². The number of hydrogen-bond donors (Lipinski definition) is 1. The van der Waals surface area contributed by atoms with E-state index in [4.69, 9.17) is 16.3 Å². The van der Waals surface area contributed by atoms with Crippen LogP contribution in [0.15, 0.2) is 24.3 Å². The van der Waals surface area contributed by atoms with E-state index >= 15 is 0 Å². The lowest BCUT2D eigenvalue weighted by molar-refractivity contribution is 0.331. The number of nitrogens with one attached hydrogen (secondary N) is 1. The standard InChI is InChI=1S/C16H22ClN3O/c1-5-21-15-9-7-6-8-12(15)13(18-3)10-14-16(17)11(2)19-20(14)4/h6-9,13,18H,5,10H2,1-4H3. The molecule has 0 bridgehead atoms. The highest BCUT2D eigenvalue weighted by molar-refractivity contribution is 6.31. The van der Waals surface area contributed by atoms with Crippen molar-refractivity contribution < 1.29 is 4.74 Å². The van der Waals surface area contributed by atoms with Crippen molar-refractivity contribution in [1.29, 1.82) is 0 Å². The average molecular weight is 308 g/mol. The fourth-order valence-corrected chi connectivity index (χ4v) is 2.76. The van der Waals surface area contributed by atoms with E-state index in [-0.39, 0.29) is 6.04 Å². The summed E-state index contributed by atoms with van der Waals surface area (Å²) >= 11 is 6.36. The quantitative estimate of drug-likeness (QED) is 0.890. The molecule has 0 aliphatic rings. The molecule has 0 radical (unpaired) electrons. The van der Waals surface area contributed by atoms with Gasteiger partial charge in [0.1, 0.15) is 5.75 Å². The molecule has 0 spiro atoms. The zero-order chi connectivity index (χ0) is 15.4. The molecule has 1 aromatic carbocycles. The Hall–Kier alpha value is -1.52. The topological polar surface area (TPSA) is 39.1 Å². The summed E-state index contributed by atoms with van der Waals surface area (Å²) < 4.78 is 7.58. The highest BCUT2D eigenvalue weighted by Gasteiger charge is 2.19. The van der Waals surface area contributed by atoms with Crippen molar-refractivity contribution >= 4 is 11.6 Å². The van der Waals surface area contributed by atoms with Crippen LogP contribution in [0.2, 0.25) is 5.02 Å². The summed E-state index contributed by atoms with van der Waals surface area (Å²) in [5.41, 5.74) is 3.03. The fourth-order valence-electron chi connectivity index (χ4n) is 2.52. The van der Waals surface area contributed by atoms with Gasteiger partial charge in [-0.05, 0) is 27.0 Å². The summed E-state index contributed by atoms with van der Waals surface area (Å²) in [5.74, 6) is 0.911. The molecule has 1 unspecified atom stereocenters. The molecule has 1 heterocycles. The Bertz CT molecular complexity index is 610. The van der Waals surface area contributed by atoms with Gasteiger partial charge < -0.3 is 10.1 Å². The van der Waals surface area contributed by atoms with Gasteiger partial charge in [-0.25, -0.2) is 0 Å². The van der Waals surface area contributed by atoms with Crippen LogP contribution >= 0.6 is 11.6 Å². The van der Waals surface area contributed by atoms with Crippen LogP contribution in [0.1, 0.15) is 29.9 Å². The molecule has 5 heteroatoms. The number of hydrogen-bond acceptors (Lipinski definition) is 3. The van der Waals surface area contributed by atoms with E-state index < -0.39 is 0 Å². The number of halogens is 1. The van der Waals surface area contributed by atoms with Gasteiger partial charge in [0.15, 0.2) is 0 Å². The Kier molecular flexibility index (Phi) is 5.26. The predicted molar refractivity (Wildman–Crippen MR) is 86.1 cm³/mol. The molecule has 114 valence electrons. The maximum absolute atomic E-state index is 6.36. The molecule has 0 saturated carbocycles. The normalized spacial score (nSPS) is 12.4. The Morgan fingerprint density at radius 1 is 1.38 bits per heavy atom. The van der Waals surface area contributed by atoms with Gasteiger partial charge in [-0.1, -0.05) is 29.8 Å². The first-order chi connectivity index (χ1) is 10.1. The second-order valence-electron chi connectivity index (χ2n) is 4.99. The van der Waals surface area contributed by atoms with Gasteiger partial charge in [0, 0.05) is 25.1 Å². The minimum Gasteiger partial charge on any atom is -0.494 e. The first-order valence-corrected chi connectivity index (χ1v) is 7.53. The van der Waals surface area contributed by atoms with Crippen LogP contribution in [0.3, 0.4) is 0 Å². The Morgan fingerprint density at radius 3 is 2.67 bits per heavy atom. The number of rotatable bonds is 6. The maximum Gasteiger partial charge on any atom is 0.124 e. The van der Waals surface area contributed by atoms with E-state index in [9.17, 15) is 0 Å². The van der Waals surface area contributed by atoms with Gasteiger partial charge in [-0.3, -0.25) is 4.68 Å². The third kappa shape index (κ3) is 3.39. The van der Waals surface area contributed by atoms with Gasteiger partial charge in [-0.2, -0.15) is 5.10 Å². The molecule has 0 aliphatic carbocycles. The molecule has 0 aliphatic heterocycles. The van der Waals surface area contributed by atoms with Crippen molar-refractivity contribution in [3.05, 3.63) is 46.2 Å². The van der Waals surface area contributed by atoms with E-state index in [0.717, 1.165) is 34.1 Å². The Morgan fingerprint density at radius 2 is 2.10 bits per heavy atom. The molecule has 0 amide bonds. The van der Waals surface area contributed by atoms with Gasteiger partial charge in [0.05, 0.1) is 23.0 Å². The lowest BCUT2D eigenvalue weighted by atomic mass is 10.0. The lowest BCUT2D eigenvalue weighted by Crippen LogP contribution is -2.21. The van der Waals surface area contributed by atoms with Crippen molar-refractivity contribution in [3.63, 3.8) is 0 Å². The minimum atomic E-state index is 0.125. The molecule has 1 atom stereocenters. The third-order valence-corrected chi connectivity index (χ3v) is 4.09. The van der Waals surface area contributed by atoms with Gasteiger partial charge in [0.25, 0.3) is 0 Å². The van der Waals surface area contributed by atoms with Crippen LogP contribution in [0.25, 0.3) is 0 Å². The zero-order valence-corrected chi connectivity index (χ0v) is 13.7. The molecule has 0 saturated heterocycles. The SMILES string of the molecule is CCOc1ccccc1C(Cc1c(Cl)c(C)nn1C)NC. The van der Waals surface area contributed by atoms with Crippen LogP contribution in [-0.4, -0.2) is 23.4 Å². The third-order valence-electron chi connectivity index (χ3n) is 3.60. The highest BCUT2D eigenvalue weighted by Crippen LogP contribution is 2.30. The van der Waals surface area contributed by atoms with E-state index in [1.54, 1.807) is 0 Å². The average Bonchev–Trinajstić information content (AvgIpc) is 2.71. The summed E-state index contributed by atoms with van der Waals surface area (Å²) in [5, 5.41) is 8.47. The number of benzene rings is 1. The van der Waals surface area contributed by atoms with E-state index in [2.05, 4.69) is 16.5 Å². The number of ether oxygens (including phenoxy) is 1. The maximum atomic E-state index is 6.36. The molecule has 1 aromatic heterocycles. The molecule has 0 fully saturated rings. The Labute approximate surface area is 131 Å². The summed E-state index contributed by atoms with van der Waals surface area (Å²) in [6.45, 7) is 4.57. The molecule has 2 rings (SSSR count). The minimum absolute atomic E-state index is 0.125. The summed E-state index contributed by atoms with van der Waals surface area (Å²) in [7, 11) is 3.87. The smallest absolute Gasteiger partial charge is 0.124 e. The summed E-state index contributed by atoms with van der Waals surface area (Å²) in [6, 6.07) is 8.23. The lowest BCUT2D eigenvalue weighted by Gasteiger charge is -2.20. The van der Waals surface area contributed by atoms with Crippen molar-refractivity contribution in [2.24, 2.45) is 7.05 Å². The molecular formula is C16H22ClN3O. The molecule has 1 N–H and O–H groups in total. The van der Waals surface area contributed by atoms with Crippen LogP contribution in [0.5, 0.6) is 5.75 Å². The van der Waals surface area contributed by atoms with E-state index in [1.807, 2.05) is 50.8 Å². The first kappa shape index (κ1) is 15.9. The number of para-hydroxylation sites is 1. The first-order valence-electron chi connectivity index (χ1n) is 7.15. The van der Waals surface area contributed by atoms with Crippen molar-refractivity contribution in [3.8, 4) is 5.75 Å². The number of aryl methyl sites for hydroxylation is 2. The Balaban J connectivity index is 2.32. The van der Waals surface area contributed by atoms with Crippen LogP contribution in [-0.2, 0) is 13.5 Å². The molecular weight excluding hydrogens is 286 g/mol. The van der Waals surface area contributed by atoms with Crippen LogP contribution in [0, 0.1) is 6.92 Å². The summed E-state index contributed by atoms with van der Waals surface area (Å²) in [4.78, 5) is 0. The molecule has 21 heavy (non-hydrogen) atoms. The number of likely N-dealkylation sites (N-methyl/N-ethyl adjacent to an activating group) is 1. The zero-order valence-electron chi connectivity index (χ0n) is 13.0. The van der Waals surface area contributed by atoms with Crippen molar-refractivity contribution in [2.75, 3.05) is 13.7 Å². The summed E-state index contributed by atoms with van der Waals surface area (Å²) in [6.07, 6.45) is 0.761. The molecule has 4 nitrogen and oxygen atoms in total. The van der Waals surface area contributed by atoms with E-state index in [0.29, 0.717) is 6.61 Å². The number of nitrogens with zero attached hydrogens (tertiary/aromatic N) is 2. The predicted octanol–water partition coefficient (Wildman–Crippen LogP) is 3.28. The highest BCUT2D eigenvalue weighted by atomic mass is 35.5. The van der Waals surface area contributed by atoms with E-state index in [1.165, 1.54) is 0 Å². The number of aromatic nitrogens is 2. The molecule has 2 aromatic rings. The fraction of sp³-hybridized carbons (Fsp3) is 0.438. The largest absolute Gasteiger partial charge is 0.494 e. The van der Waals surface area contributed by atoms with Gasteiger partial charge >= 0.3 is 0 Å². The monoisotopic (exact) mass is 307 g/mol. The second-order valence-corrected chi connectivity index (χ2v) is 5.36. The van der Waals surface area contributed by atoms with Crippen molar-refractivity contribution in [1.82, 2.24) is 15.1 Å². The van der Waals surface area contributed by atoms with Crippen LogP contribution in [0.4, 0.5) is 0 Å².